The van der Waals surface area contributed by atoms with E-state index in [1.165, 1.54) is 16.8 Å². The highest BCUT2D eigenvalue weighted by Gasteiger charge is 2.13. The lowest BCUT2D eigenvalue weighted by Gasteiger charge is -2.16. The summed E-state index contributed by atoms with van der Waals surface area (Å²) < 4.78 is 14.7. The molecular weight excluding hydrogens is 340 g/mol. The molecule has 0 saturated heterocycles. The predicted molar refractivity (Wildman–Crippen MR) is 106 cm³/mol. The van der Waals surface area contributed by atoms with Gasteiger partial charge in [-0.25, -0.2) is 14.1 Å². The summed E-state index contributed by atoms with van der Waals surface area (Å²) in [5, 5.41) is 0.508. The molecule has 0 atom stereocenters. The maximum atomic E-state index is 13.3. The van der Waals surface area contributed by atoms with E-state index in [1.807, 2.05) is 18.2 Å². The minimum absolute atomic E-state index is 0.213. The van der Waals surface area contributed by atoms with Crippen molar-refractivity contribution in [3.8, 4) is 11.4 Å². The van der Waals surface area contributed by atoms with Crippen molar-refractivity contribution in [3.05, 3.63) is 94.5 Å². The van der Waals surface area contributed by atoms with Crippen molar-refractivity contribution in [1.29, 1.82) is 0 Å². The van der Waals surface area contributed by atoms with Crippen molar-refractivity contribution in [2.75, 3.05) is 5.43 Å². The first-order valence-electron chi connectivity index (χ1n) is 8.48. The molecule has 130 valence electrons. The molecule has 0 aliphatic carbocycles. The van der Waals surface area contributed by atoms with Gasteiger partial charge in [-0.05, 0) is 42.0 Å². The molecule has 0 spiro atoms. The van der Waals surface area contributed by atoms with Crippen LogP contribution >= 0.6 is 0 Å². The lowest BCUT2D eigenvalue weighted by atomic mass is 9.95. The summed E-state index contributed by atoms with van der Waals surface area (Å²) in [6, 6.07) is 20.4. The fourth-order valence-electron chi connectivity index (χ4n) is 2.88. The van der Waals surface area contributed by atoms with Gasteiger partial charge in [0, 0.05) is 5.56 Å². The zero-order chi connectivity index (χ0) is 18.8. The van der Waals surface area contributed by atoms with Crippen molar-refractivity contribution in [1.82, 2.24) is 9.66 Å². The van der Waals surface area contributed by atoms with Crippen LogP contribution in [0.2, 0.25) is 0 Å². The lowest BCUT2D eigenvalue weighted by Crippen LogP contribution is -2.31. The van der Waals surface area contributed by atoms with Crippen LogP contribution in [0.4, 0.5) is 4.39 Å². The quantitative estimate of drug-likeness (QED) is 0.573. The zero-order valence-corrected chi connectivity index (χ0v) is 14.4. The Hall–Kier alpha value is -3.41. The van der Waals surface area contributed by atoms with Crippen LogP contribution in [0.1, 0.15) is 5.56 Å². The topological polar surface area (TPSA) is 46.9 Å². The van der Waals surface area contributed by atoms with E-state index < -0.39 is 0 Å². The average Bonchev–Trinajstić information content (AvgIpc) is 2.69. The van der Waals surface area contributed by atoms with E-state index in [4.69, 9.17) is 7.85 Å². The highest BCUT2D eigenvalue weighted by Crippen LogP contribution is 2.19. The summed E-state index contributed by atoms with van der Waals surface area (Å²) in [7, 11) is 5.72. The molecule has 4 rings (SSSR count). The molecule has 0 bridgehead atoms. The smallest absolute Gasteiger partial charge is 0.280 e. The SMILES string of the molecule is [B]c1ccc(CNn2c(-c3ccc(F)cc3)nc3ccccc3c2=O)cc1. The molecule has 2 radical (unpaired) electrons. The molecule has 4 nitrogen and oxygen atoms in total. The van der Waals surface area contributed by atoms with Gasteiger partial charge in [-0.2, -0.15) is 0 Å². The van der Waals surface area contributed by atoms with Gasteiger partial charge < -0.3 is 5.43 Å². The fourth-order valence-corrected chi connectivity index (χ4v) is 2.88. The molecule has 1 aromatic heterocycles. The maximum Gasteiger partial charge on any atom is 0.280 e. The van der Waals surface area contributed by atoms with Gasteiger partial charge in [-0.1, -0.05) is 41.9 Å². The van der Waals surface area contributed by atoms with Crippen LogP contribution in [0.25, 0.3) is 22.3 Å². The number of para-hydroxylation sites is 1. The first-order valence-corrected chi connectivity index (χ1v) is 8.48. The number of halogens is 1. The van der Waals surface area contributed by atoms with E-state index in [2.05, 4.69) is 10.4 Å². The maximum absolute atomic E-state index is 13.3. The number of aromatic nitrogens is 2. The Morgan fingerprint density at radius 2 is 1.67 bits per heavy atom. The van der Waals surface area contributed by atoms with Crippen LogP contribution in [-0.4, -0.2) is 17.5 Å². The number of nitrogens with one attached hydrogen (secondary N) is 1. The monoisotopic (exact) mass is 355 g/mol. The Morgan fingerprint density at radius 1 is 0.963 bits per heavy atom. The predicted octanol–water partition coefficient (Wildman–Crippen LogP) is 2.74. The van der Waals surface area contributed by atoms with Crippen molar-refractivity contribution in [3.63, 3.8) is 0 Å². The van der Waals surface area contributed by atoms with Gasteiger partial charge in [0.25, 0.3) is 5.56 Å². The number of benzene rings is 3. The molecule has 6 heteroatoms. The van der Waals surface area contributed by atoms with Crippen molar-refractivity contribution < 1.29 is 4.39 Å². The minimum atomic E-state index is -0.344. The average molecular weight is 355 g/mol. The molecule has 0 aliphatic heterocycles. The van der Waals surface area contributed by atoms with Gasteiger partial charge >= 0.3 is 0 Å². The van der Waals surface area contributed by atoms with Crippen LogP contribution in [0, 0.1) is 5.82 Å². The first kappa shape index (κ1) is 17.0. The largest absolute Gasteiger partial charge is 0.317 e. The van der Waals surface area contributed by atoms with E-state index in [0.29, 0.717) is 34.3 Å². The second-order valence-electron chi connectivity index (χ2n) is 6.18. The van der Waals surface area contributed by atoms with Crippen molar-refractivity contribution >= 4 is 24.2 Å². The fraction of sp³-hybridized carbons (Fsp3) is 0.0476. The first-order chi connectivity index (χ1) is 13.1. The van der Waals surface area contributed by atoms with Gasteiger partial charge in [0.1, 0.15) is 13.7 Å². The third-order valence-electron chi connectivity index (χ3n) is 4.30. The molecule has 1 N–H and O–H groups in total. The molecule has 0 unspecified atom stereocenters. The van der Waals surface area contributed by atoms with Gasteiger partial charge in [-0.15, -0.1) is 0 Å². The molecule has 4 aromatic rings. The van der Waals surface area contributed by atoms with Gasteiger partial charge in [0.05, 0.1) is 17.4 Å². The van der Waals surface area contributed by atoms with E-state index in [1.54, 1.807) is 42.5 Å². The number of rotatable bonds is 4. The molecule has 1 heterocycles. The summed E-state index contributed by atoms with van der Waals surface area (Å²) in [5.41, 5.74) is 5.79. The highest BCUT2D eigenvalue weighted by molar-refractivity contribution is 6.32. The molecule has 27 heavy (non-hydrogen) atoms. The zero-order valence-electron chi connectivity index (χ0n) is 14.4. The number of nitrogens with zero attached hydrogens (tertiary/aromatic N) is 2. The van der Waals surface area contributed by atoms with E-state index in [-0.39, 0.29) is 11.4 Å². The van der Waals surface area contributed by atoms with Gasteiger partial charge in [0.15, 0.2) is 5.82 Å². The molecule has 0 fully saturated rings. The third kappa shape index (κ3) is 3.46. The molecule has 3 aromatic carbocycles. The summed E-state index contributed by atoms with van der Waals surface area (Å²) in [6.45, 7) is 0.411. The van der Waals surface area contributed by atoms with Gasteiger partial charge in [0.2, 0.25) is 0 Å². The molecular formula is C21H15BFN3O. The van der Waals surface area contributed by atoms with Crippen molar-refractivity contribution in [2.24, 2.45) is 0 Å². The van der Waals surface area contributed by atoms with Crippen LogP contribution in [0.15, 0.2) is 77.6 Å². The normalized spacial score (nSPS) is 10.9. The Labute approximate surface area is 156 Å². The Bertz CT molecular complexity index is 1150. The van der Waals surface area contributed by atoms with Crippen LogP contribution < -0.4 is 16.4 Å². The Morgan fingerprint density at radius 3 is 2.41 bits per heavy atom. The van der Waals surface area contributed by atoms with Crippen LogP contribution in [0.5, 0.6) is 0 Å². The number of hydrogen-bond acceptors (Lipinski definition) is 3. The Kier molecular flexibility index (Phi) is 4.46. The molecule has 0 saturated carbocycles. The summed E-state index contributed by atoms with van der Waals surface area (Å²) >= 11 is 0. The second-order valence-corrected chi connectivity index (χ2v) is 6.18. The van der Waals surface area contributed by atoms with Gasteiger partial charge in [-0.3, -0.25) is 4.79 Å². The summed E-state index contributed by atoms with van der Waals surface area (Å²) in [5.74, 6) is 0.0809. The highest BCUT2D eigenvalue weighted by atomic mass is 19.1. The Balaban J connectivity index is 1.82. The summed E-state index contributed by atoms with van der Waals surface area (Å²) in [6.07, 6.45) is 0. The van der Waals surface area contributed by atoms with Crippen molar-refractivity contribution in [2.45, 2.75) is 6.54 Å². The van der Waals surface area contributed by atoms with E-state index >= 15 is 0 Å². The standard InChI is InChI=1S/C21H15BFN3O/c22-16-9-5-14(6-10-16)13-24-26-20(15-7-11-17(23)12-8-15)25-19-4-2-1-3-18(19)21(26)27/h1-12,24H,13H2. The van der Waals surface area contributed by atoms with Crippen LogP contribution in [-0.2, 0) is 6.54 Å². The third-order valence-corrected chi connectivity index (χ3v) is 4.30. The lowest BCUT2D eigenvalue weighted by molar-refractivity contribution is 0.628. The number of hydrogen-bond donors (Lipinski definition) is 1. The van der Waals surface area contributed by atoms with Crippen LogP contribution in [0.3, 0.4) is 0 Å². The van der Waals surface area contributed by atoms with E-state index in [9.17, 15) is 9.18 Å². The minimum Gasteiger partial charge on any atom is -0.317 e. The second kappa shape index (κ2) is 7.07. The molecule has 0 aliphatic rings. The number of fused-ring (bicyclic) bond motifs is 1. The molecule has 0 amide bonds. The summed E-state index contributed by atoms with van der Waals surface area (Å²) in [4.78, 5) is 17.7. The van der Waals surface area contributed by atoms with E-state index in [0.717, 1.165) is 5.56 Å².